The molecule has 1 aliphatic heterocycles. The number of nitrogens with one attached hydrogen (secondary N) is 2. The van der Waals surface area contributed by atoms with Crippen LogP contribution in [0.3, 0.4) is 0 Å². The van der Waals surface area contributed by atoms with Gasteiger partial charge in [-0.2, -0.15) is 11.8 Å². The maximum absolute atomic E-state index is 4.41. The van der Waals surface area contributed by atoms with Gasteiger partial charge < -0.3 is 15.5 Å². The Balaban J connectivity index is 1.72. The number of piperidine rings is 1. The molecule has 5 heteroatoms. The van der Waals surface area contributed by atoms with Crippen molar-refractivity contribution in [2.75, 3.05) is 32.9 Å². The van der Waals surface area contributed by atoms with Gasteiger partial charge in [0, 0.05) is 37.5 Å². The van der Waals surface area contributed by atoms with E-state index in [0.29, 0.717) is 12.1 Å². The van der Waals surface area contributed by atoms with Crippen LogP contribution in [-0.4, -0.2) is 61.1 Å². The molecule has 0 bridgehead atoms. The molecule has 2 fully saturated rings. The van der Waals surface area contributed by atoms with Gasteiger partial charge in [0.05, 0.1) is 0 Å². The highest BCUT2D eigenvalue weighted by molar-refractivity contribution is 7.99. The quantitative estimate of drug-likeness (QED) is 0.602. The molecule has 2 aliphatic rings. The van der Waals surface area contributed by atoms with E-state index in [9.17, 15) is 0 Å². The van der Waals surface area contributed by atoms with Crippen molar-refractivity contribution in [1.29, 1.82) is 0 Å². The predicted octanol–water partition coefficient (Wildman–Crippen LogP) is 2.56. The molecule has 22 heavy (non-hydrogen) atoms. The lowest BCUT2D eigenvalue weighted by Crippen LogP contribution is -2.47. The molecule has 0 aromatic rings. The van der Waals surface area contributed by atoms with Gasteiger partial charge >= 0.3 is 0 Å². The summed E-state index contributed by atoms with van der Waals surface area (Å²) in [4.78, 5) is 7.02. The topological polar surface area (TPSA) is 39.7 Å². The van der Waals surface area contributed by atoms with E-state index in [2.05, 4.69) is 40.6 Å². The molecule has 128 valence electrons. The first kappa shape index (κ1) is 17.9. The van der Waals surface area contributed by atoms with Crippen molar-refractivity contribution >= 4 is 17.7 Å². The summed E-state index contributed by atoms with van der Waals surface area (Å²) in [6.45, 7) is 8.14. The summed E-state index contributed by atoms with van der Waals surface area (Å²) in [6.07, 6.45) is 8.77. The van der Waals surface area contributed by atoms with E-state index in [1.807, 2.05) is 18.8 Å². The molecule has 3 unspecified atom stereocenters. The Morgan fingerprint density at radius 1 is 1.32 bits per heavy atom. The van der Waals surface area contributed by atoms with Gasteiger partial charge in [-0.1, -0.05) is 0 Å². The smallest absolute Gasteiger partial charge is 0.191 e. The number of hydrogen-bond acceptors (Lipinski definition) is 3. The third kappa shape index (κ3) is 5.34. The Morgan fingerprint density at radius 2 is 2.14 bits per heavy atom. The molecule has 4 nitrogen and oxygen atoms in total. The lowest BCUT2D eigenvalue weighted by atomic mass is 9.97. The molecule has 1 aliphatic carbocycles. The molecule has 0 aromatic heterocycles. The number of hydrogen-bond donors (Lipinski definition) is 2. The molecule has 1 heterocycles. The Hall–Kier alpha value is -0.420. The fourth-order valence-electron chi connectivity index (χ4n) is 3.65. The molecule has 0 spiro atoms. The zero-order valence-electron chi connectivity index (χ0n) is 14.8. The summed E-state index contributed by atoms with van der Waals surface area (Å²) < 4.78 is 0. The van der Waals surface area contributed by atoms with Crippen molar-refractivity contribution in [3.05, 3.63) is 0 Å². The van der Waals surface area contributed by atoms with Crippen LogP contribution in [0.2, 0.25) is 0 Å². The van der Waals surface area contributed by atoms with Crippen molar-refractivity contribution in [2.45, 2.75) is 63.3 Å². The molecule has 1 saturated heterocycles. The fraction of sp³-hybridized carbons (Fsp3) is 0.941. The molecule has 1 saturated carbocycles. The van der Waals surface area contributed by atoms with Crippen molar-refractivity contribution in [3.8, 4) is 0 Å². The lowest BCUT2D eigenvalue weighted by Gasteiger charge is -2.35. The SMILES string of the molecule is CN=C(NCC1CCCN(C(C)C)C1)NC1CCC(SC)C1. The summed E-state index contributed by atoms with van der Waals surface area (Å²) in [6, 6.07) is 1.27. The minimum atomic E-state index is 0.599. The summed E-state index contributed by atoms with van der Waals surface area (Å²) in [7, 11) is 1.89. The van der Waals surface area contributed by atoms with Crippen molar-refractivity contribution < 1.29 is 0 Å². The molecule has 0 aromatic carbocycles. The zero-order chi connectivity index (χ0) is 15.9. The minimum Gasteiger partial charge on any atom is -0.356 e. The van der Waals surface area contributed by atoms with Crippen molar-refractivity contribution in [2.24, 2.45) is 10.9 Å². The molecular weight excluding hydrogens is 292 g/mol. The van der Waals surface area contributed by atoms with E-state index in [4.69, 9.17) is 0 Å². The standard InChI is InChI=1S/C17H34N4S/c1-13(2)21-9-5-6-14(12-21)11-19-17(18-3)20-15-7-8-16(10-15)22-4/h13-16H,5-12H2,1-4H3,(H2,18,19,20). The molecule has 0 amide bonds. The van der Waals surface area contributed by atoms with E-state index >= 15 is 0 Å². The first-order chi connectivity index (χ1) is 10.6. The van der Waals surface area contributed by atoms with Gasteiger partial charge in [-0.15, -0.1) is 0 Å². The fourth-order valence-corrected chi connectivity index (χ4v) is 4.44. The van der Waals surface area contributed by atoms with Crippen LogP contribution in [0.15, 0.2) is 4.99 Å². The number of likely N-dealkylation sites (tertiary alicyclic amines) is 1. The van der Waals surface area contributed by atoms with E-state index in [1.165, 1.54) is 45.2 Å². The first-order valence-electron chi connectivity index (χ1n) is 8.86. The highest BCUT2D eigenvalue weighted by Gasteiger charge is 2.25. The van der Waals surface area contributed by atoms with Crippen LogP contribution in [0, 0.1) is 5.92 Å². The summed E-state index contributed by atoms with van der Waals surface area (Å²) in [5.41, 5.74) is 0. The molecule has 2 rings (SSSR count). The third-order valence-corrected chi connectivity index (χ3v) is 6.22. The van der Waals surface area contributed by atoms with Gasteiger partial charge in [0.15, 0.2) is 5.96 Å². The monoisotopic (exact) mass is 326 g/mol. The number of thioether (sulfide) groups is 1. The van der Waals surface area contributed by atoms with Crippen LogP contribution < -0.4 is 10.6 Å². The van der Waals surface area contributed by atoms with Crippen molar-refractivity contribution in [1.82, 2.24) is 15.5 Å². The van der Waals surface area contributed by atoms with Gasteiger partial charge in [0.25, 0.3) is 0 Å². The van der Waals surface area contributed by atoms with E-state index in [-0.39, 0.29) is 0 Å². The summed E-state index contributed by atoms with van der Waals surface area (Å²) >= 11 is 2.00. The van der Waals surface area contributed by atoms with Crippen LogP contribution in [0.4, 0.5) is 0 Å². The number of nitrogens with zero attached hydrogens (tertiary/aromatic N) is 2. The highest BCUT2D eigenvalue weighted by atomic mass is 32.2. The lowest BCUT2D eigenvalue weighted by molar-refractivity contribution is 0.141. The predicted molar refractivity (Wildman–Crippen MR) is 98.9 cm³/mol. The first-order valence-corrected chi connectivity index (χ1v) is 10.1. The second kappa shape index (κ2) is 9.02. The Labute approximate surface area is 140 Å². The van der Waals surface area contributed by atoms with Gasteiger partial charge in [-0.05, 0) is 64.7 Å². The van der Waals surface area contributed by atoms with Crippen LogP contribution in [-0.2, 0) is 0 Å². The van der Waals surface area contributed by atoms with Gasteiger partial charge in [0.1, 0.15) is 0 Å². The molecule has 2 N–H and O–H groups in total. The Bertz CT molecular complexity index is 359. The number of guanidine groups is 1. The van der Waals surface area contributed by atoms with Gasteiger partial charge in [-0.3, -0.25) is 4.99 Å². The van der Waals surface area contributed by atoms with E-state index in [0.717, 1.165) is 23.7 Å². The van der Waals surface area contributed by atoms with E-state index in [1.54, 1.807) is 0 Å². The average molecular weight is 327 g/mol. The van der Waals surface area contributed by atoms with Crippen molar-refractivity contribution in [3.63, 3.8) is 0 Å². The van der Waals surface area contributed by atoms with Gasteiger partial charge in [0.2, 0.25) is 0 Å². The van der Waals surface area contributed by atoms with Crippen LogP contribution >= 0.6 is 11.8 Å². The number of aliphatic imine (C=N–C) groups is 1. The maximum atomic E-state index is 4.41. The zero-order valence-corrected chi connectivity index (χ0v) is 15.6. The summed E-state index contributed by atoms with van der Waals surface area (Å²) in [5.74, 6) is 1.74. The van der Waals surface area contributed by atoms with Gasteiger partial charge in [-0.25, -0.2) is 0 Å². The largest absolute Gasteiger partial charge is 0.356 e. The average Bonchev–Trinajstić information content (AvgIpc) is 2.99. The Kier molecular flexibility index (Phi) is 7.35. The molecular formula is C17H34N4S. The highest BCUT2D eigenvalue weighted by Crippen LogP contribution is 2.28. The normalized spacial score (nSPS) is 30.8. The third-order valence-electron chi connectivity index (χ3n) is 5.12. The van der Waals surface area contributed by atoms with E-state index < -0.39 is 0 Å². The minimum absolute atomic E-state index is 0.599. The van der Waals surface area contributed by atoms with Crippen LogP contribution in [0.25, 0.3) is 0 Å². The second-order valence-corrected chi connectivity index (χ2v) is 8.20. The second-order valence-electron chi connectivity index (χ2n) is 7.06. The molecule has 0 radical (unpaired) electrons. The van der Waals surface area contributed by atoms with Crippen LogP contribution in [0.5, 0.6) is 0 Å². The van der Waals surface area contributed by atoms with Crippen LogP contribution in [0.1, 0.15) is 46.0 Å². The summed E-state index contributed by atoms with van der Waals surface area (Å²) in [5, 5.41) is 8.01. The Morgan fingerprint density at radius 3 is 2.77 bits per heavy atom. The molecule has 3 atom stereocenters. The maximum Gasteiger partial charge on any atom is 0.191 e. The number of rotatable bonds is 5.